The zero-order chi connectivity index (χ0) is 14.7. The minimum absolute atomic E-state index is 0.0507. The fraction of sp³-hybridized carbons (Fsp3) is 0.824. The van der Waals surface area contributed by atoms with Crippen molar-refractivity contribution in [3.8, 4) is 0 Å². The molecule has 0 spiro atoms. The van der Waals surface area contributed by atoms with Crippen LogP contribution in [-0.4, -0.2) is 28.5 Å². The summed E-state index contributed by atoms with van der Waals surface area (Å²) < 4.78 is 8.02. The summed E-state index contributed by atoms with van der Waals surface area (Å²) in [6.45, 7) is 0. The predicted octanol–water partition coefficient (Wildman–Crippen LogP) is 3.22. The number of nitrogens with zero attached hydrogens (tertiary/aromatic N) is 2. The van der Waals surface area contributed by atoms with Crippen molar-refractivity contribution in [2.75, 3.05) is 7.11 Å². The van der Waals surface area contributed by atoms with Crippen molar-refractivity contribution in [1.29, 1.82) is 0 Å². The van der Waals surface area contributed by atoms with Crippen molar-refractivity contribution in [3.63, 3.8) is 0 Å². The Balaban J connectivity index is 1.64. The number of rotatable bonds is 5. The van der Waals surface area contributed by atoms with Gasteiger partial charge in [0.15, 0.2) is 0 Å². The second-order valence-corrected chi connectivity index (χ2v) is 6.87. The summed E-state index contributed by atoms with van der Waals surface area (Å²) in [5.41, 5.74) is 7.51. The molecule has 21 heavy (non-hydrogen) atoms. The fourth-order valence-corrected chi connectivity index (χ4v) is 4.15. The molecule has 1 unspecified atom stereocenters. The molecule has 0 saturated heterocycles. The summed E-state index contributed by atoms with van der Waals surface area (Å²) >= 11 is 0. The van der Waals surface area contributed by atoms with Gasteiger partial charge in [-0.25, -0.2) is 0 Å². The largest absolute Gasteiger partial charge is 0.377 e. The predicted molar refractivity (Wildman–Crippen MR) is 84.2 cm³/mol. The highest BCUT2D eigenvalue weighted by atomic mass is 16.5. The summed E-state index contributed by atoms with van der Waals surface area (Å²) in [7, 11) is 1.82. The van der Waals surface area contributed by atoms with Gasteiger partial charge in [0.25, 0.3) is 0 Å². The lowest BCUT2D eigenvalue weighted by Gasteiger charge is -2.40. The van der Waals surface area contributed by atoms with E-state index in [1.165, 1.54) is 44.9 Å². The van der Waals surface area contributed by atoms with Crippen molar-refractivity contribution < 1.29 is 4.74 Å². The molecule has 1 aromatic heterocycles. The van der Waals surface area contributed by atoms with Crippen LogP contribution < -0.4 is 5.73 Å². The third kappa shape index (κ3) is 3.16. The topological polar surface area (TPSA) is 53.1 Å². The number of hydrogen-bond acceptors (Lipinski definition) is 3. The zero-order valence-corrected chi connectivity index (χ0v) is 13.3. The van der Waals surface area contributed by atoms with Crippen LogP contribution in [0, 0.1) is 0 Å². The first-order chi connectivity index (χ1) is 10.2. The van der Waals surface area contributed by atoms with Gasteiger partial charge in [-0.05, 0) is 31.7 Å². The number of ether oxygens (including phenoxy) is 1. The molecule has 4 nitrogen and oxygen atoms in total. The molecule has 1 aromatic rings. The summed E-state index contributed by atoms with van der Waals surface area (Å²) in [5.74, 6) is 0. The Labute approximate surface area is 128 Å². The molecule has 1 heterocycles. The molecule has 0 bridgehead atoms. The lowest BCUT2D eigenvalue weighted by molar-refractivity contribution is -0.0584. The highest BCUT2D eigenvalue weighted by molar-refractivity contribution is 5.06. The van der Waals surface area contributed by atoms with Gasteiger partial charge in [-0.3, -0.25) is 4.68 Å². The van der Waals surface area contributed by atoms with Gasteiger partial charge in [0.2, 0.25) is 0 Å². The first-order valence-corrected chi connectivity index (χ1v) is 8.58. The molecule has 0 aliphatic heterocycles. The van der Waals surface area contributed by atoms with Crippen LogP contribution in [0.2, 0.25) is 0 Å². The summed E-state index contributed by atoms with van der Waals surface area (Å²) in [4.78, 5) is 0. The van der Waals surface area contributed by atoms with Crippen molar-refractivity contribution in [2.24, 2.45) is 5.73 Å². The zero-order valence-electron chi connectivity index (χ0n) is 13.3. The maximum atomic E-state index is 6.51. The van der Waals surface area contributed by atoms with Gasteiger partial charge >= 0.3 is 0 Å². The Hall–Kier alpha value is -0.870. The lowest BCUT2D eigenvalue weighted by Crippen LogP contribution is -2.52. The van der Waals surface area contributed by atoms with E-state index in [2.05, 4.69) is 16.9 Å². The molecule has 0 radical (unpaired) electrons. The van der Waals surface area contributed by atoms with Gasteiger partial charge in [-0.1, -0.05) is 32.1 Å². The normalized spacial score (nSPS) is 24.3. The minimum atomic E-state index is -0.130. The lowest BCUT2D eigenvalue weighted by atomic mass is 9.78. The van der Waals surface area contributed by atoms with E-state index in [9.17, 15) is 0 Å². The average Bonchev–Trinajstić information content (AvgIpc) is 3.18. The van der Waals surface area contributed by atoms with Crippen LogP contribution in [0.1, 0.15) is 69.5 Å². The number of methoxy groups -OCH3 is 1. The standard InChI is InChI=1S/C17H29N3O/c1-21-17(10-5-2-6-11-17)16(18)13-14-9-12-20(19-14)15-7-3-4-8-15/h9,12,15-16H,2-8,10-11,13,18H2,1H3. The molecular weight excluding hydrogens is 262 g/mol. The van der Waals surface area contributed by atoms with Crippen molar-refractivity contribution in [3.05, 3.63) is 18.0 Å². The van der Waals surface area contributed by atoms with Crippen LogP contribution in [-0.2, 0) is 11.2 Å². The van der Waals surface area contributed by atoms with Crippen molar-refractivity contribution in [1.82, 2.24) is 9.78 Å². The number of aromatic nitrogens is 2. The van der Waals surface area contributed by atoms with Crippen LogP contribution >= 0.6 is 0 Å². The quantitative estimate of drug-likeness (QED) is 0.906. The van der Waals surface area contributed by atoms with E-state index in [1.54, 1.807) is 0 Å². The summed E-state index contributed by atoms with van der Waals surface area (Å²) in [6, 6.07) is 2.81. The van der Waals surface area contributed by atoms with Crippen LogP contribution in [0.25, 0.3) is 0 Å². The van der Waals surface area contributed by atoms with Gasteiger partial charge < -0.3 is 10.5 Å². The first kappa shape index (κ1) is 15.0. The second kappa shape index (κ2) is 6.49. The van der Waals surface area contributed by atoms with Gasteiger partial charge in [0.1, 0.15) is 0 Å². The highest BCUT2D eigenvalue weighted by Crippen LogP contribution is 2.34. The Morgan fingerprint density at radius 3 is 2.67 bits per heavy atom. The van der Waals surface area contributed by atoms with Crippen molar-refractivity contribution in [2.45, 2.75) is 81.9 Å². The molecular formula is C17H29N3O. The van der Waals surface area contributed by atoms with Gasteiger partial charge in [-0.15, -0.1) is 0 Å². The third-order valence-electron chi connectivity index (χ3n) is 5.57. The minimum Gasteiger partial charge on any atom is -0.377 e. The van der Waals surface area contributed by atoms with Crippen molar-refractivity contribution >= 4 is 0 Å². The summed E-state index contributed by atoms with van der Waals surface area (Å²) in [6.07, 6.45) is 14.2. The Morgan fingerprint density at radius 2 is 2.00 bits per heavy atom. The first-order valence-electron chi connectivity index (χ1n) is 8.58. The molecule has 2 saturated carbocycles. The number of nitrogens with two attached hydrogens (primary N) is 1. The smallest absolute Gasteiger partial charge is 0.0832 e. The van der Waals surface area contributed by atoms with Crippen LogP contribution in [0.3, 0.4) is 0 Å². The van der Waals surface area contributed by atoms with Gasteiger partial charge in [0, 0.05) is 25.8 Å². The van der Waals surface area contributed by atoms with E-state index >= 15 is 0 Å². The SMILES string of the molecule is COC1(C(N)Cc2ccn(C3CCCC3)n2)CCCCC1. The summed E-state index contributed by atoms with van der Waals surface area (Å²) in [5, 5.41) is 4.77. The highest BCUT2D eigenvalue weighted by Gasteiger charge is 2.38. The molecule has 0 amide bonds. The molecule has 2 fully saturated rings. The monoisotopic (exact) mass is 291 g/mol. The van der Waals surface area contributed by atoms with Crippen LogP contribution in [0.5, 0.6) is 0 Å². The Kier molecular flexibility index (Phi) is 4.65. The Bertz CT molecular complexity index is 445. The molecule has 2 N–H and O–H groups in total. The van der Waals surface area contributed by atoms with E-state index in [0.717, 1.165) is 25.0 Å². The van der Waals surface area contributed by atoms with E-state index in [-0.39, 0.29) is 11.6 Å². The van der Waals surface area contributed by atoms with E-state index in [1.807, 2.05) is 7.11 Å². The van der Waals surface area contributed by atoms with Gasteiger partial charge in [-0.2, -0.15) is 5.10 Å². The molecule has 3 rings (SSSR count). The Morgan fingerprint density at radius 1 is 1.29 bits per heavy atom. The fourth-order valence-electron chi connectivity index (χ4n) is 4.15. The third-order valence-corrected chi connectivity index (χ3v) is 5.57. The van der Waals surface area contributed by atoms with Crippen LogP contribution in [0.15, 0.2) is 12.3 Å². The molecule has 4 heteroatoms. The van der Waals surface area contributed by atoms with E-state index in [4.69, 9.17) is 15.6 Å². The average molecular weight is 291 g/mol. The maximum absolute atomic E-state index is 6.51. The molecule has 2 aliphatic carbocycles. The molecule has 1 atom stereocenters. The van der Waals surface area contributed by atoms with E-state index < -0.39 is 0 Å². The second-order valence-electron chi connectivity index (χ2n) is 6.87. The van der Waals surface area contributed by atoms with Gasteiger partial charge in [0.05, 0.1) is 17.3 Å². The van der Waals surface area contributed by atoms with Crippen LogP contribution in [0.4, 0.5) is 0 Å². The molecule has 2 aliphatic rings. The number of hydrogen-bond donors (Lipinski definition) is 1. The molecule has 118 valence electrons. The van der Waals surface area contributed by atoms with E-state index in [0.29, 0.717) is 6.04 Å². The maximum Gasteiger partial charge on any atom is 0.0832 e. The molecule has 0 aromatic carbocycles.